The zero-order valence-corrected chi connectivity index (χ0v) is 11.5. The second-order valence-electron chi connectivity index (χ2n) is 4.89. The molecule has 1 N–H and O–H groups in total. The lowest BCUT2D eigenvalue weighted by atomic mass is 10.1. The van der Waals surface area contributed by atoms with Crippen molar-refractivity contribution in [2.24, 2.45) is 0 Å². The van der Waals surface area contributed by atoms with Crippen LogP contribution in [0.15, 0.2) is 54.6 Å². The maximum atomic E-state index is 10.4. The van der Waals surface area contributed by atoms with Crippen LogP contribution in [-0.4, -0.2) is 14.7 Å². The number of nitrogens with zero attached hydrogens (tertiary/aromatic N) is 2. The molecule has 0 spiro atoms. The molecule has 0 bridgehead atoms. The Morgan fingerprint density at radius 2 is 1.75 bits per heavy atom. The van der Waals surface area contributed by atoms with Crippen molar-refractivity contribution < 1.29 is 5.11 Å². The van der Waals surface area contributed by atoms with Crippen LogP contribution in [0.4, 0.5) is 0 Å². The van der Waals surface area contributed by atoms with Crippen molar-refractivity contribution in [3.8, 4) is 0 Å². The van der Waals surface area contributed by atoms with Crippen molar-refractivity contribution in [3.05, 3.63) is 66.0 Å². The Morgan fingerprint density at radius 1 is 1.05 bits per heavy atom. The molecule has 1 atom stereocenters. The third kappa shape index (κ3) is 2.32. The fourth-order valence-electron chi connectivity index (χ4n) is 2.60. The lowest BCUT2D eigenvalue weighted by Gasteiger charge is -2.12. The van der Waals surface area contributed by atoms with E-state index >= 15 is 0 Å². The summed E-state index contributed by atoms with van der Waals surface area (Å²) < 4.78 is 2.17. The monoisotopic (exact) mass is 266 g/mol. The molecule has 1 unspecified atom stereocenters. The third-order valence-corrected chi connectivity index (χ3v) is 3.61. The molecule has 20 heavy (non-hydrogen) atoms. The predicted molar refractivity (Wildman–Crippen MR) is 80.5 cm³/mol. The molecule has 0 aliphatic rings. The van der Waals surface area contributed by atoms with Gasteiger partial charge in [0.25, 0.3) is 0 Å². The molecular weight excluding hydrogens is 248 g/mol. The molecule has 3 rings (SSSR count). The quantitative estimate of drug-likeness (QED) is 0.786. The van der Waals surface area contributed by atoms with Gasteiger partial charge in [0.05, 0.1) is 17.1 Å². The Bertz CT molecular complexity index is 703. The van der Waals surface area contributed by atoms with E-state index in [1.807, 2.05) is 48.5 Å². The van der Waals surface area contributed by atoms with E-state index in [1.54, 1.807) is 0 Å². The number of rotatable bonds is 4. The van der Waals surface area contributed by atoms with Crippen LogP contribution in [0.25, 0.3) is 11.0 Å². The maximum Gasteiger partial charge on any atom is 0.112 e. The summed E-state index contributed by atoms with van der Waals surface area (Å²) in [6, 6.07) is 17.8. The molecule has 0 amide bonds. The molecule has 3 nitrogen and oxygen atoms in total. The van der Waals surface area contributed by atoms with E-state index in [0.29, 0.717) is 6.42 Å². The second-order valence-corrected chi connectivity index (χ2v) is 4.89. The minimum absolute atomic E-state index is 0.515. The van der Waals surface area contributed by atoms with Gasteiger partial charge in [-0.25, -0.2) is 4.98 Å². The van der Waals surface area contributed by atoms with Crippen LogP contribution in [0.1, 0.15) is 24.4 Å². The molecule has 0 fully saturated rings. The Hall–Kier alpha value is -2.13. The van der Waals surface area contributed by atoms with Gasteiger partial charge in [0.2, 0.25) is 0 Å². The van der Waals surface area contributed by atoms with Crippen LogP contribution in [-0.2, 0) is 13.0 Å². The molecule has 3 heteroatoms. The molecule has 0 saturated heterocycles. The van der Waals surface area contributed by atoms with Crippen LogP contribution < -0.4 is 0 Å². The lowest BCUT2D eigenvalue weighted by Crippen LogP contribution is -2.08. The van der Waals surface area contributed by atoms with Crippen LogP contribution >= 0.6 is 0 Å². The van der Waals surface area contributed by atoms with Gasteiger partial charge in [-0.2, -0.15) is 0 Å². The second kappa shape index (κ2) is 5.47. The average Bonchev–Trinajstić information content (AvgIpc) is 2.85. The maximum absolute atomic E-state index is 10.4. The highest BCUT2D eigenvalue weighted by atomic mass is 16.3. The van der Waals surface area contributed by atoms with Crippen LogP contribution in [0.3, 0.4) is 0 Å². The standard InChI is InChI=1S/C17H18N2O/c1-2-19-15-11-7-6-10-14(15)18-17(19)12-16(20)13-8-4-3-5-9-13/h3-11,16,20H,2,12H2,1H3. The summed E-state index contributed by atoms with van der Waals surface area (Å²) in [5.41, 5.74) is 3.05. The number of fused-ring (bicyclic) bond motifs is 1. The highest BCUT2D eigenvalue weighted by Crippen LogP contribution is 2.21. The first-order chi connectivity index (χ1) is 9.79. The van der Waals surface area contributed by atoms with E-state index in [9.17, 15) is 5.11 Å². The Kier molecular flexibility index (Phi) is 3.52. The van der Waals surface area contributed by atoms with E-state index in [0.717, 1.165) is 29.0 Å². The van der Waals surface area contributed by atoms with Gasteiger partial charge in [-0.3, -0.25) is 0 Å². The summed E-state index contributed by atoms with van der Waals surface area (Å²) in [7, 11) is 0. The zero-order chi connectivity index (χ0) is 13.9. The number of aryl methyl sites for hydroxylation is 1. The van der Waals surface area contributed by atoms with Crippen molar-refractivity contribution in [1.29, 1.82) is 0 Å². The molecule has 0 aliphatic heterocycles. The van der Waals surface area contributed by atoms with E-state index in [-0.39, 0.29) is 0 Å². The predicted octanol–water partition coefficient (Wildman–Crippen LogP) is 3.33. The largest absolute Gasteiger partial charge is 0.388 e. The normalized spacial score (nSPS) is 12.7. The van der Waals surface area contributed by atoms with Gasteiger partial charge in [-0.1, -0.05) is 42.5 Å². The van der Waals surface area contributed by atoms with E-state index < -0.39 is 6.10 Å². The highest BCUT2D eigenvalue weighted by molar-refractivity contribution is 5.75. The van der Waals surface area contributed by atoms with Gasteiger partial charge in [-0.05, 0) is 24.6 Å². The molecule has 0 radical (unpaired) electrons. The molecule has 1 heterocycles. The van der Waals surface area contributed by atoms with Gasteiger partial charge in [0.1, 0.15) is 5.82 Å². The minimum atomic E-state index is -0.515. The highest BCUT2D eigenvalue weighted by Gasteiger charge is 2.14. The number of aliphatic hydroxyl groups excluding tert-OH is 1. The van der Waals surface area contributed by atoms with Crippen molar-refractivity contribution in [1.82, 2.24) is 9.55 Å². The fraction of sp³-hybridized carbons (Fsp3) is 0.235. The summed E-state index contributed by atoms with van der Waals surface area (Å²) in [5.74, 6) is 0.935. The number of aromatic nitrogens is 2. The molecular formula is C17H18N2O. The smallest absolute Gasteiger partial charge is 0.112 e. The van der Waals surface area contributed by atoms with Crippen molar-refractivity contribution in [2.75, 3.05) is 0 Å². The van der Waals surface area contributed by atoms with Crippen molar-refractivity contribution in [3.63, 3.8) is 0 Å². The minimum Gasteiger partial charge on any atom is -0.388 e. The summed E-state index contributed by atoms with van der Waals surface area (Å²) >= 11 is 0. The molecule has 2 aromatic carbocycles. The van der Waals surface area contributed by atoms with E-state index in [2.05, 4.69) is 22.5 Å². The molecule has 1 aromatic heterocycles. The summed E-state index contributed by atoms with van der Waals surface area (Å²) in [5, 5.41) is 10.4. The Morgan fingerprint density at radius 3 is 2.50 bits per heavy atom. The molecule has 102 valence electrons. The van der Waals surface area contributed by atoms with Crippen molar-refractivity contribution >= 4 is 11.0 Å². The topological polar surface area (TPSA) is 38.0 Å². The van der Waals surface area contributed by atoms with Crippen LogP contribution in [0, 0.1) is 0 Å². The number of para-hydroxylation sites is 2. The van der Waals surface area contributed by atoms with Gasteiger partial charge >= 0.3 is 0 Å². The van der Waals surface area contributed by atoms with E-state index in [4.69, 9.17) is 0 Å². The number of hydrogen-bond acceptors (Lipinski definition) is 2. The van der Waals surface area contributed by atoms with Gasteiger partial charge in [0.15, 0.2) is 0 Å². The van der Waals surface area contributed by atoms with E-state index in [1.165, 1.54) is 0 Å². The van der Waals surface area contributed by atoms with Crippen LogP contribution in [0.5, 0.6) is 0 Å². The summed E-state index contributed by atoms with van der Waals surface area (Å²) in [6.45, 7) is 2.96. The average molecular weight is 266 g/mol. The molecule has 0 aliphatic carbocycles. The summed E-state index contributed by atoms with van der Waals surface area (Å²) in [4.78, 5) is 4.65. The van der Waals surface area contributed by atoms with Gasteiger partial charge in [-0.15, -0.1) is 0 Å². The number of hydrogen-bond donors (Lipinski definition) is 1. The SMILES string of the molecule is CCn1c(CC(O)c2ccccc2)nc2ccccc21. The molecule has 3 aromatic rings. The van der Waals surface area contributed by atoms with Crippen LogP contribution in [0.2, 0.25) is 0 Å². The summed E-state index contributed by atoms with van der Waals surface area (Å²) in [6.07, 6.45) is 0.0188. The lowest BCUT2D eigenvalue weighted by molar-refractivity contribution is 0.174. The molecule has 0 saturated carbocycles. The number of imidazole rings is 1. The van der Waals surface area contributed by atoms with Gasteiger partial charge in [0, 0.05) is 13.0 Å². The third-order valence-electron chi connectivity index (χ3n) is 3.61. The van der Waals surface area contributed by atoms with Crippen molar-refractivity contribution in [2.45, 2.75) is 26.0 Å². The Labute approximate surface area is 118 Å². The zero-order valence-electron chi connectivity index (χ0n) is 11.5. The first-order valence-corrected chi connectivity index (χ1v) is 6.96. The van der Waals surface area contributed by atoms with Gasteiger partial charge < -0.3 is 9.67 Å². The Balaban J connectivity index is 1.94. The first-order valence-electron chi connectivity index (χ1n) is 6.96. The number of aliphatic hydroxyl groups is 1. The first kappa shape index (κ1) is 12.9. The fourth-order valence-corrected chi connectivity index (χ4v) is 2.60. The number of benzene rings is 2.